The number of anilines is 4. The second-order valence-electron chi connectivity index (χ2n) is 8.11. The zero-order valence-electron chi connectivity index (χ0n) is 22.1. The van der Waals surface area contributed by atoms with Gasteiger partial charge in [-0.1, -0.05) is 12.1 Å². The summed E-state index contributed by atoms with van der Waals surface area (Å²) in [5, 5.41) is 7.42. The summed E-state index contributed by atoms with van der Waals surface area (Å²) in [6.07, 6.45) is -4.28. The summed E-state index contributed by atoms with van der Waals surface area (Å²) < 4.78 is 72.2. The number of nitrogens with one attached hydrogen (secondary N) is 3. The number of alkyl halides is 3. The molecule has 10 nitrogen and oxygen atoms in total. The standard InChI is InChI=1S/C25H28F4N5O5P/c1-5-38-40(36,39-6-2)14-15-10-11-19(20(12-15)37-4)32-24-31-13-17(25(27,28)29)22(34-24)33-21-16(23(35)30-3)8-7-9-18(21)26/h7-13,36H,5-6,14H2,1-4H3,(H2-,30,31,32,33,34,35)/p+1. The van der Waals surface area contributed by atoms with Gasteiger partial charge in [-0.25, -0.2) is 9.37 Å². The van der Waals surface area contributed by atoms with Crippen LogP contribution in [0.5, 0.6) is 5.75 Å². The number of amides is 1. The van der Waals surface area contributed by atoms with Crippen molar-refractivity contribution in [2.24, 2.45) is 0 Å². The van der Waals surface area contributed by atoms with Gasteiger partial charge in [0.05, 0.1) is 37.3 Å². The van der Waals surface area contributed by atoms with Crippen LogP contribution in [0.4, 0.5) is 40.7 Å². The second-order valence-corrected chi connectivity index (χ2v) is 10.2. The Hall–Kier alpha value is -3.58. The highest BCUT2D eigenvalue weighted by molar-refractivity contribution is 7.59. The van der Waals surface area contributed by atoms with Gasteiger partial charge in [0.15, 0.2) is 6.16 Å². The number of halogens is 4. The Bertz CT molecular complexity index is 1340. The molecule has 4 N–H and O–H groups in total. The number of rotatable bonds is 12. The van der Waals surface area contributed by atoms with Crippen LogP contribution in [0.15, 0.2) is 42.6 Å². The minimum Gasteiger partial charge on any atom is -0.495 e. The first kappa shape index (κ1) is 31.0. The van der Waals surface area contributed by atoms with Crippen molar-refractivity contribution in [3.8, 4) is 5.75 Å². The van der Waals surface area contributed by atoms with Gasteiger partial charge in [-0.3, -0.25) is 4.79 Å². The van der Waals surface area contributed by atoms with Crippen LogP contribution < -0.4 is 20.7 Å². The van der Waals surface area contributed by atoms with Crippen LogP contribution in [0.25, 0.3) is 0 Å². The molecule has 0 bridgehead atoms. The molecule has 1 heterocycles. The summed E-state index contributed by atoms with van der Waals surface area (Å²) in [6, 6.07) is 8.31. The van der Waals surface area contributed by atoms with E-state index in [-0.39, 0.29) is 36.6 Å². The van der Waals surface area contributed by atoms with E-state index >= 15 is 0 Å². The predicted molar refractivity (Wildman–Crippen MR) is 142 cm³/mol. The molecule has 1 amide bonds. The molecule has 0 aliphatic rings. The SMILES string of the molecule is CCO[P+](O)(Cc1ccc(Nc2ncc(C(F)(F)F)c(Nc3c(F)cccc3C(=O)NC)n2)c(OC)c1)OCC. The van der Waals surface area contributed by atoms with E-state index < -0.39 is 42.9 Å². The molecule has 0 atom stereocenters. The Morgan fingerprint density at radius 1 is 1.10 bits per heavy atom. The third-order valence-corrected chi connectivity index (χ3v) is 7.47. The molecule has 0 fully saturated rings. The summed E-state index contributed by atoms with van der Waals surface area (Å²) in [7, 11) is -0.467. The average molecular weight is 587 g/mol. The first-order valence-electron chi connectivity index (χ1n) is 12.0. The van der Waals surface area contributed by atoms with Crippen molar-refractivity contribution in [3.05, 3.63) is 65.1 Å². The Morgan fingerprint density at radius 2 is 1.80 bits per heavy atom. The molecule has 0 unspecified atom stereocenters. The molecular weight excluding hydrogens is 557 g/mol. The number of nitrogens with zero attached hydrogens (tertiary/aromatic N) is 2. The van der Waals surface area contributed by atoms with Crippen molar-refractivity contribution < 1.29 is 41.0 Å². The number of para-hydroxylation sites is 1. The summed E-state index contributed by atoms with van der Waals surface area (Å²) in [4.78, 5) is 30.6. The summed E-state index contributed by atoms with van der Waals surface area (Å²) >= 11 is 0. The van der Waals surface area contributed by atoms with Crippen LogP contribution in [0.1, 0.15) is 35.3 Å². The third kappa shape index (κ3) is 7.54. The van der Waals surface area contributed by atoms with E-state index in [1.54, 1.807) is 32.0 Å². The monoisotopic (exact) mass is 586 g/mol. The largest absolute Gasteiger partial charge is 0.495 e. The maximum atomic E-state index is 14.6. The van der Waals surface area contributed by atoms with E-state index in [2.05, 4.69) is 25.9 Å². The normalized spacial score (nSPS) is 11.7. The number of hydrogen-bond acceptors (Lipinski definition) is 9. The topological polar surface area (TPSA) is 127 Å². The molecule has 0 saturated carbocycles. The molecule has 3 aromatic rings. The fourth-order valence-electron chi connectivity index (χ4n) is 3.66. The van der Waals surface area contributed by atoms with Crippen LogP contribution in [0.3, 0.4) is 0 Å². The van der Waals surface area contributed by atoms with E-state index in [1.165, 1.54) is 26.3 Å². The number of methoxy groups -OCH3 is 1. The van der Waals surface area contributed by atoms with Crippen molar-refractivity contribution in [2.75, 3.05) is 38.0 Å². The van der Waals surface area contributed by atoms with Gasteiger partial charge in [-0.2, -0.15) is 32.1 Å². The van der Waals surface area contributed by atoms with Crippen LogP contribution in [0, 0.1) is 5.82 Å². The van der Waals surface area contributed by atoms with Gasteiger partial charge in [0.1, 0.15) is 22.9 Å². The van der Waals surface area contributed by atoms with Crippen LogP contribution in [0.2, 0.25) is 0 Å². The Morgan fingerprint density at radius 3 is 2.40 bits per heavy atom. The molecule has 40 heavy (non-hydrogen) atoms. The lowest BCUT2D eigenvalue weighted by atomic mass is 10.1. The van der Waals surface area contributed by atoms with E-state index in [9.17, 15) is 27.2 Å². The predicted octanol–water partition coefficient (Wildman–Crippen LogP) is 5.82. The van der Waals surface area contributed by atoms with Crippen molar-refractivity contribution in [1.29, 1.82) is 0 Å². The minimum absolute atomic E-state index is 0.0759. The third-order valence-electron chi connectivity index (χ3n) is 5.38. The van der Waals surface area contributed by atoms with Gasteiger partial charge in [-0.05, 0) is 38.1 Å². The Balaban J connectivity index is 1.97. The highest BCUT2D eigenvalue weighted by atomic mass is 31.2. The number of ether oxygens (including phenoxy) is 1. The molecule has 3 rings (SSSR count). The number of aromatic nitrogens is 2. The Kier molecular flexibility index (Phi) is 10.2. The van der Waals surface area contributed by atoms with Crippen molar-refractivity contribution >= 4 is 37.0 Å². The fraction of sp³-hybridized carbons (Fsp3) is 0.320. The van der Waals surface area contributed by atoms with E-state index in [1.807, 2.05) is 0 Å². The fourth-order valence-corrected chi connectivity index (χ4v) is 5.38. The second kappa shape index (κ2) is 13.2. The van der Waals surface area contributed by atoms with E-state index in [0.717, 1.165) is 6.07 Å². The summed E-state index contributed by atoms with van der Waals surface area (Å²) in [5.41, 5.74) is -1.07. The first-order chi connectivity index (χ1) is 18.9. The zero-order chi connectivity index (χ0) is 29.5. The average Bonchev–Trinajstić information content (AvgIpc) is 2.90. The maximum Gasteiger partial charge on any atom is 0.421 e. The molecule has 0 saturated heterocycles. The minimum atomic E-state index is -4.89. The van der Waals surface area contributed by atoms with Crippen LogP contribution in [-0.2, 0) is 21.4 Å². The van der Waals surface area contributed by atoms with E-state index in [0.29, 0.717) is 17.4 Å². The number of benzene rings is 2. The highest BCUT2D eigenvalue weighted by Crippen LogP contribution is 2.59. The molecule has 2 aromatic carbocycles. The molecule has 15 heteroatoms. The smallest absolute Gasteiger partial charge is 0.421 e. The van der Waals surface area contributed by atoms with Gasteiger partial charge in [0.25, 0.3) is 5.91 Å². The summed E-state index contributed by atoms with van der Waals surface area (Å²) in [6.45, 7) is 3.97. The van der Waals surface area contributed by atoms with Gasteiger partial charge < -0.3 is 20.7 Å². The highest BCUT2D eigenvalue weighted by Gasteiger charge is 2.40. The molecule has 216 valence electrons. The van der Waals surface area contributed by atoms with Crippen molar-refractivity contribution in [2.45, 2.75) is 26.2 Å². The molecule has 0 radical (unpaired) electrons. The van der Waals surface area contributed by atoms with Crippen LogP contribution >= 0.6 is 7.94 Å². The van der Waals surface area contributed by atoms with Gasteiger partial charge >= 0.3 is 14.1 Å². The number of carbonyl (C=O) groups is 1. The van der Waals surface area contributed by atoms with Crippen molar-refractivity contribution in [1.82, 2.24) is 15.3 Å². The zero-order valence-corrected chi connectivity index (χ0v) is 23.0. The van der Waals surface area contributed by atoms with E-state index in [4.69, 9.17) is 13.8 Å². The van der Waals surface area contributed by atoms with Crippen molar-refractivity contribution in [3.63, 3.8) is 0 Å². The number of carbonyl (C=O) groups excluding carboxylic acids is 1. The molecule has 0 spiro atoms. The van der Waals surface area contributed by atoms with Gasteiger partial charge in [0.2, 0.25) is 5.95 Å². The molecular formula is C25H29F4N5O5P+. The molecule has 1 aromatic heterocycles. The lowest BCUT2D eigenvalue weighted by Gasteiger charge is -2.18. The quantitative estimate of drug-likeness (QED) is 0.153. The number of hydrogen-bond donors (Lipinski definition) is 4. The molecule has 0 aliphatic carbocycles. The van der Waals surface area contributed by atoms with Gasteiger partial charge in [0, 0.05) is 18.8 Å². The first-order valence-corrected chi connectivity index (χ1v) is 13.8. The molecule has 0 aliphatic heterocycles. The maximum absolute atomic E-state index is 14.6. The summed E-state index contributed by atoms with van der Waals surface area (Å²) in [5.74, 6) is -2.45. The lowest BCUT2D eigenvalue weighted by molar-refractivity contribution is -0.137. The van der Waals surface area contributed by atoms with Gasteiger partial charge in [-0.15, -0.1) is 0 Å². The Labute approximate surface area is 228 Å². The van der Waals surface area contributed by atoms with Crippen LogP contribution in [-0.4, -0.2) is 48.1 Å². The lowest BCUT2D eigenvalue weighted by Crippen LogP contribution is -2.20.